The van der Waals surface area contributed by atoms with Crippen molar-refractivity contribution < 1.29 is 4.79 Å². The van der Waals surface area contributed by atoms with Crippen molar-refractivity contribution >= 4 is 29.1 Å². The highest BCUT2D eigenvalue weighted by Gasteiger charge is 2.33. The fraction of sp³-hybridized carbons (Fsp3) is 0.526. The minimum atomic E-state index is -0.117. The van der Waals surface area contributed by atoms with Gasteiger partial charge in [0.25, 0.3) is 5.91 Å². The zero-order valence-corrected chi connectivity index (χ0v) is 16.9. The van der Waals surface area contributed by atoms with Gasteiger partial charge in [0.05, 0.1) is 10.0 Å². The number of hydrogen-bond donors (Lipinski definition) is 0. The fourth-order valence-corrected chi connectivity index (χ4v) is 4.56. The number of hydrogen-bond acceptors (Lipinski definition) is 4. The number of para-hydroxylation sites is 1. The SMILES string of the molecule is CCc1nc(C(=O)N2CC[C@H](N3CCCC3)C2)nn1-c1c(Cl)cccc1Cl. The van der Waals surface area contributed by atoms with E-state index in [-0.39, 0.29) is 11.7 Å². The highest BCUT2D eigenvalue weighted by Crippen LogP contribution is 2.29. The number of carbonyl (C=O) groups is 1. The maximum Gasteiger partial charge on any atom is 0.293 e. The first kappa shape index (κ1) is 18.7. The standard InChI is InChI=1S/C19H23Cl2N5O/c1-2-16-22-18(23-26(16)17-14(20)6-5-7-15(17)21)19(27)25-11-8-13(12-25)24-9-3-4-10-24/h5-7,13H,2-4,8-12H2,1H3/t13-/m0/s1. The van der Waals surface area contributed by atoms with Crippen molar-refractivity contribution in [2.24, 2.45) is 0 Å². The van der Waals surface area contributed by atoms with Gasteiger partial charge < -0.3 is 4.90 Å². The van der Waals surface area contributed by atoms with Crippen LogP contribution in [0, 0.1) is 0 Å². The molecule has 0 radical (unpaired) electrons. The summed E-state index contributed by atoms with van der Waals surface area (Å²) >= 11 is 12.7. The predicted octanol–water partition coefficient (Wildman–Crippen LogP) is 3.45. The lowest BCUT2D eigenvalue weighted by atomic mass is 10.2. The van der Waals surface area contributed by atoms with Crippen molar-refractivity contribution in [2.75, 3.05) is 26.2 Å². The quantitative estimate of drug-likeness (QED) is 0.778. The molecule has 144 valence electrons. The third-order valence-corrected chi connectivity index (χ3v) is 6.05. The summed E-state index contributed by atoms with van der Waals surface area (Å²) in [4.78, 5) is 21.8. The molecule has 0 unspecified atom stereocenters. The Balaban J connectivity index is 1.58. The van der Waals surface area contributed by atoms with Crippen LogP contribution in [0.5, 0.6) is 0 Å². The molecule has 2 aromatic rings. The summed E-state index contributed by atoms with van der Waals surface area (Å²) in [5, 5.41) is 5.44. The Kier molecular flexibility index (Phi) is 5.39. The molecule has 27 heavy (non-hydrogen) atoms. The van der Waals surface area contributed by atoms with E-state index in [0.717, 1.165) is 32.6 Å². The third kappa shape index (κ3) is 3.58. The fourth-order valence-electron chi connectivity index (χ4n) is 4.01. The van der Waals surface area contributed by atoms with Crippen LogP contribution < -0.4 is 0 Å². The number of amides is 1. The summed E-state index contributed by atoms with van der Waals surface area (Å²) in [5.41, 5.74) is 0.570. The minimum Gasteiger partial charge on any atom is -0.334 e. The van der Waals surface area contributed by atoms with Crippen LogP contribution in [-0.2, 0) is 6.42 Å². The van der Waals surface area contributed by atoms with Crippen molar-refractivity contribution in [3.05, 3.63) is 39.9 Å². The van der Waals surface area contributed by atoms with E-state index in [2.05, 4.69) is 15.0 Å². The Labute approximate surface area is 169 Å². The van der Waals surface area contributed by atoms with Crippen LogP contribution in [0.4, 0.5) is 0 Å². The van der Waals surface area contributed by atoms with E-state index in [4.69, 9.17) is 23.2 Å². The second-order valence-electron chi connectivity index (χ2n) is 7.12. The summed E-state index contributed by atoms with van der Waals surface area (Å²) in [6, 6.07) is 5.76. The molecule has 2 saturated heterocycles. The van der Waals surface area contributed by atoms with Gasteiger partial charge in [-0.1, -0.05) is 36.2 Å². The van der Waals surface area contributed by atoms with E-state index in [1.807, 2.05) is 11.8 Å². The van der Waals surface area contributed by atoms with E-state index in [0.29, 0.717) is 34.0 Å². The average molecular weight is 408 g/mol. The molecule has 0 N–H and O–H groups in total. The molecule has 2 aliphatic heterocycles. The Bertz CT molecular complexity index is 826. The van der Waals surface area contributed by atoms with E-state index < -0.39 is 0 Å². The molecule has 1 atom stereocenters. The van der Waals surface area contributed by atoms with Crippen molar-refractivity contribution in [1.29, 1.82) is 0 Å². The average Bonchev–Trinajstić information content (AvgIpc) is 3.40. The summed E-state index contributed by atoms with van der Waals surface area (Å²) in [6.45, 7) is 5.76. The van der Waals surface area contributed by atoms with Gasteiger partial charge in [-0.2, -0.15) is 0 Å². The first-order valence-corrected chi connectivity index (χ1v) is 10.3. The molecule has 4 rings (SSSR count). The van der Waals surface area contributed by atoms with Gasteiger partial charge >= 0.3 is 0 Å². The molecule has 1 aromatic carbocycles. The van der Waals surface area contributed by atoms with Crippen LogP contribution in [0.2, 0.25) is 10.0 Å². The zero-order chi connectivity index (χ0) is 19.0. The van der Waals surface area contributed by atoms with Crippen molar-refractivity contribution in [3.8, 4) is 5.69 Å². The maximum atomic E-state index is 13.0. The molecule has 0 bridgehead atoms. The van der Waals surface area contributed by atoms with E-state index in [9.17, 15) is 4.79 Å². The second kappa shape index (κ2) is 7.78. The molecule has 0 saturated carbocycles. The van der Waals surface area contributed by atoms with Gasteiger partial charge in [-0.05, 0) is 44.5 Å². The van der Waals surface area contributed by atoms with E-state index in [1.165, 1.54) is 12.8 Å². The van der Waals surface area contributed by atoms with Crippen LogP contribution >= 0.6 is 23.2 Å². The van der Waals surface area contributed by atoms with Gasteiger partial charge in [-0.15, -0.1) is 5.10 Å². The van der Waals surface area contributed by atoms with Gasteiger partial charge in [-0.25, -0.2) is 9.67 Å². The smallest absolute Gasteiger partial charge is 0.293 e. The number of likely N-dealkylation sites (tertiary alicyclic amines) is 2. The predicted molar refractivity (Wildman–Crippen MR) is 106 cm³/mol. The Hall–Kier alpha value is -1.63. The monoisotopic (exact) mass is 407 g/mol. The maximum absolute atomic E-state index is 13.0. The molecular weight excluding hydrogens is 385 g/mol. The number of aryl methyl sites for hydroxylation is 1. The van der Waals surface area contributed by atoms with E-state index in [1.54, 1.807) is 22.9 Å². The normalized spacial score (nSPS) is 20.6. The molecule has 1 aromatic heterocycles. The van der Waals surface area contributed by atoms with Crippen LogP contribution in [0.15, 0.2) is 18.2 Å². The highest BCUT2D eigenvalue weighted by atomic mass is 35.5. The van der Waals surface area contributed by atoms with Crippen LogP contribution in [-0.4, -0.2) is 62.7 Å². The lowest BCUT2D eigenvalue weighted by Gasteiger charge is -2.23. The van der Waals surface area contributed by atoms with Crippen LogP contribution in [0.3, 0.4) is 0 Å². The summed E-state index contributed by atoms with van der Waals surface area (Å²) < 4.78 is 1.60. The molecule has 1 amide bonds. The number of nitrogens with zero attached hydrogens (tertiary/aromatic N) is 5. The van der Waals surface area contributed by atoms with Crippen molar-refractivity contribution in [3.63, 3.8) is 0 Å². The molecule has 3 heterocycles. The number of benzene rings is 1. The molecule has 2 fully saturated rings. The molecule has 8 heteroatoms. The topological polar surface area (TPSA) is 54.3 Å². The molecule has 2 aliphatic rings. The van der Waals surface area contributed by atoms with Gasteiger partial charge in [-0.3, -0.25) is 9.69 Å². The molecular formula is C19H23Cl2N5O. The van der Waals surface area contributed by atoms with E-state index >= 15 is 0 Å². The lowest BCUT2D eigenvalue weighted by molar-refractivity contribution is 0.0768. The summed E-state index contributed by atoms with van der Waals surface area (Å²) in [5.74, 6) is 0.766. The van der Waals surface area contributed by atoms with Gasteiger partial charge in [0.15, 0.2) is 0 Å². The molecule has 0 spiro atoms. The van der Waals surface area contributed by atoms with Gasteiger partial charge in [0, 0.05) is 25.6 Å². The summed E-state index contributed by atoms with van der Waals surface area (Å²) in [6.07, 6.45) is 4.16. The zero-order valence-electron chi connectivity index (χ0n) is 15.4. The second-order valence-corrected chi connectivity index (χ2v) is 7.94. The molecule has 0 aliphatic carbocycles. The number of aromatic nitrogens is 3. The van der Waals surface area contributed by atoms with Crippen molar-refractivity contribution in [2.45, 2.75) is 38.6 Å². The van der Waals surface area contributed by atoms with Crippen LogP contribution in [0.25, 0.3) is 5.69 Å². The first-order chi connectivity index (χ1) is 13.1. The Morgan fingerprint density at radius 1 is 1.19 bits per heavy atom. The van der Waals surface area contributed by atoms with Gasteiger partial charge in [0.1, 0.15) is 11.5 Å². The minimum absolute atomic E-state index is 0.117. The first-order valence-electron chi connectivity index (χ1n) is 9.52. The lowest BCUT2D eigenvalue weighted by Crippen LogP contribution is -2.37. The Morgan fingerprint density at radius 3 is 2.56 bits per heavy atom. The highest BCUT2D eigenvalue weighted by molar-refractivity contribution is 6.37. The third-order valence-electron chi connectivity index (χ3n) is 5.44. The summed E-state index contributed by atoms with van der Waals surface area (Å²) in [7, 11) is 0. The number of halogens is 2. The Morgan fingerprint density at radius 2 is 1.89 bits per heavy atom. The number of rotatable bonds is 4. The van der Waals surface area contributed by atoms with Gasteiger partial charge in [0.2, 0.25) is 5.82 Å². The molecule has 6 nitrogen and oxygen atoms in total. The van der Waals surface area contributed by atoms with Crippen LogP contribution in [0.1, 0.15) is 42.6 Å². The largest absolute Gasteiger partial charge is 0.334 e. The number of carbonyl (C=O) groups excluding carboxylic acids is 1. The van der Waals surface area contributed by atoms with Crippen molar-refractivity contribution in [1.82, 2.24) is 24.6 Å².